The highest BCUT2D eigenvalue weighted by Crippen LogP contribution is 2.15. The van der Waals surface area contributed by atoms with E-state index in [-0.39, 0.29) is 0 Å². The van der Waals surface area contributed by atoms with E-state index in [0.717, 1.165) is 13.1 Å². The maximum Gasteiger partial charge on any atom is 0.0662 e. The van der Waals surface area contributed by atoms with Gasteiger partial charge in [0.15, 0.2) is 0 Å². The summed E-state index contributed by atoms with van der Waals surface area (Å²) in [6.45, 7) is 6.18. The van der Waals surface area contributed by atoms with Crippen molar-refractivity contribution < 1.29 is 0 Å². The molecule has 1 atom stereocenters. The molecule has 1 aromatic carbocycles. The van der Waals surface area contributed by atoms with Gasteiger partial charge in [-0.2, -0.15) is 5.10 Å². The zero-order valence-electron chi connectivity index (χ0n) is 11.4. The first-order valence-corrected chi connectivity index (χ1v) is 6.42. The molecule has 1 unspecified atom stereocenters. The Morgan fingerprint density at radius 1 is 1.22 bits per heavy atom. The van der Waals surface area contributed by atoms with Crippen molar-refractivity contribution in [3.8, 4) is 0 Å². The molecule has 1 N–H and O–H groups in total. The van der Waals surface area contributed by atoms with Gasteiger partial charge in [-0.1, -0.05) is 31.2 Å². The Kier molecular flexibility index (Phi) is 4.15. The Hall–Kier alpha value is -1.61. The molecular weight excluding hydrogens is 222 g/mol. The minimum Gasteiger partial charge on any atom is -0.319 e. The third-order valence-electron chi connectivity index (χ3n) is 3.32. The summed E-state index contributed by atoms with van der Waals surface area (Å²) in [5.74, 6) is 0.551. The number of hydrogen-bond acceptors (Lipinski definition) is 2. The molecular formula is C15H21N3. The molecule has 3 heteroatoms. The SMILES string of the molecule is CNCC(C)c1ccc(Cn2nccc2C)cc1. The number of nitrogens with one attached hydrogen (secondary N) is 1. The van der Waals surface area contributed by atoms with E-state index in [2.05, 4.69) is 48.5 Å². The van der Waals surface area contributed by atoms with E-state index in [4.69, 9.17) is 0 Å². The molecule has 96 valence electrons. The predicted octanol–water partition coefficient (Wildman–Crippen LogP) is 2.56. The van der Waals surface area contributed by atoms with E-state index in [1.807, 2.05) is 24.0 Å². The van der Waals surface area contributed by atoms with Gasteiger partial charge in [-0.3, -0.25) is 4.68 Å². The summed E-state index contributed by atoms with van der Waals surface area (Å²) in [5.41, 5.74) is 3.87. The Labute approximate surface area is 109 Å². The number of benzene rings is 1. The number of likely N-dealkylation sites (N-methyl/N-ethyl adjacent to an activating group) is 1. The molecule has 3 nitrogen and oxygen atoms in total. The summed E-state index contributed by atoms with van der Waals surface area (Å²) in [7, 11) is 1.99. The first-order valence-electron chi connectivity index (χ1n) is 6.42. The number of rotatable bonds is 5. The first kappa shape index (κ1) is 12.8. The van der Waals surface area contributed by atoms with Gasteiger partial charge in [-0.15, -0.1) is 0 Å². The van der Waals surface area contributed by atoms with Crippen LogP contribution in [0.1, 0.15) is 29.7 Å². The summed E-state index contributed by atoms with van der Waals surface area (Å²) in [6.07, 6.45) is 1.85. The maximum atomic E-state index is 4.30. The molecule has 2 rings (SSSR count). The fourth-order valence-electron chi connectivity index (χ4n) is 2.11. The van der Waals surface area contributed by atoms with E-state index in [1.165, 1.54) is 16.8 Å². The third kappa shape index (κ3) is 2.99. The number of aromatic nitrogens is 2. The molecule has 0 aliphatic carbocycles. The van der Waals surface area contributed by atoms with Crippen LogP contribution >= 0.6 is 0 Å². The molecule has 0 aliphatic rings. The number of aryl methyl sites for hydroxylation is 1. The lowest BCUT2D eigenvalue weighted by atomic mass is 10.00. The van der Waals surface area contributed by atoms with Gasteiger partial charge >= 0.3 is 0 Å². The van der Waals surface area contributed by atoms with Crippen molar-refractivity contribution >= 4 is 0 Å². The highest BCUT2D eigenvalue weighted by atomic mass is 15.3. The van der Waals surface area contributed by atoms with Crippen LogP contribution in [0.4, 0.5) is 0 Å². The van der Waals surface area contributed by atoms with Crippen molar-refractivity contribution in [1.82, 2.24) is 15.1 Å². The zero-order valence-corrected chi connectivity index (χ0v) is 11.4. The highest BCUT2D eigenvalue weighted by Gasteiger charge is 2.04. The van der Waals surface area contributed by atoms with E-state index in [9.17, 15) is 0 Å². The van der Waals surface area contributed by atoms with Crippen LogP contribution in [0.5, 0.6) is 0 Å². The van der Waals surface area contributed by atoms with Crippen LogP contribution in [-0.2, 0) is 6.54 Å². The largest absolute Gasteiger partial charge is 0.319 e. The Balaban J connectivity index is 2.06. The van der Waals surface area contributed by atoms with Crippen LogP contribution < -0.4 is 5.32 Å². The van der Waals surface area contributed by atoms with Gasteiger partial charge in [0.2, 0.25) is 0 Å². The van der Waals surface area contributed by atoms with Crippen LogP contribution in [-0.4, -0.2) is 23.4 Å². The van der Waals surface area contributed by atoms with Gasteiger partial charge in [0.25, 0.3) is 0 Å². The molecule has 0 amide bonds. The molecule has 0 spiro atoms. The van der Waals surface area contributed by atoms with Crippen molar-refractivity contribution in [2.24, 2.45) is 0 Å². The second-order valence-electron chi connectivity index (χ2n) is 4.83. The summed E-state index contributed by atoms with van der Waals surface area (Å²) in [4.78, 5) is 0. The smallest absolute Gasteiger partial charge is 0.0662 e. The first-order chi connectivity index (χ1) is 8.70. The maximum absolute atomic E-state index is 4.30. The van der Waals surface area contributed by atoms with Gasteiger partial charge in [-0.25, -0.2) is 0 Å². The van der Waals surface area contributed by atoms with Crippen molar-refractivity contribution in [2.75, 3.05) is 13.6 Å². The lowest BCUT2D eigenvalue weighted by molar-refractivity contribution is 0.661. The molecule has 0 bridgehead atoms. The fraction of sp³-hybridized carbons (Fsp3) is 0.400. The average molecular weight is 243 g/mol. The fourth-order valence-corrected chi connectivity index (χ4v) is 2.11. The van der Waals surface area contributed by atoms with E-state index < -0.39 is 0 Å². The van der Waals surface area contributed by atoms with Gasteiger partial charge in [0, 0.05) is 18.4 Å². The zero-order chi connectivity index (χ0) is 13.0. The van der Waals surface area contributed by atoms with Crippen LogP contribution in [0.3, 0.4) is 0 Å². The Morgan fingerprint density at radius 3 is 2.50 bits per heavy atom. The molecule has 1 aromatic heterocycles. The summed E-state index contributed by atoms with van der Waals surface area (Å²) in [6, 6.07) is 10.9. The van der Waals surface area contributed by atoms with Crippen LogP contribution in [0, 0.1) is 6.92 Å². The molecule has 2 aromatic rings. The molecule has 0 saturated carbocycles. The third-order valence-corrected chi connectivity index (χ3v) is 3.32. The Bertz CT molecular complexity index is 485. The molecule has 0 fully saturated rings. The quantitative estimate of drug-likeness (QED) is 0.874. The monoisotopic (exact) mass is 243 g/mol. The van der Waals surface area contributed by atoms with Gasteiger partial charge < -0.3 is 5.32 Å². The minimum absolute atomic E-state index is 0.551. The predicted molar refractivity (Wildman–Crippen MR) is 74.8 cm³/mol. The average Bonchev–Trinajstić information content (AvgIpc) is 2.76. The summed E-state index contributed by atoms with van der Waals surface area (Å²) >= 11 is 0. The molecule has 0 saturated heterocycles. The normalized spacial score (nSPS) is 12.6. The molecule has 1 heterocycles. The Morgan fingerprint density at radius 2 is 1.94 bits per heavy atom. The number of hydrogen-bond donors (Lipinski definition) is 1. The van der Waals surface area contributed by atoms with E-state index in [1.54, 1.807) is 0 Å². The van der Waals surface area contributed by atoms with Gasteiger partial charge in [-0.05, 0) is 37.1 Å². The highest BCUT2D eigenvalue weighted by molar-refractivity contribution is 5.25. The van der Waals surface area contributed by atoms with Crippen LogP contribution in [0.25, 0.3) is 0 Å². The lowest BCUT2D eigenvalue weighted by Gasteiger charge is -2.12. The van der Waals surface area contributed by atoms with Crippen LogP contribution in [0.2, 0.25) is 0 Å². The second-order valence-corrected chi connectivity index (χ2v) is 4.83. The van der Waals surface area contributed by atoms with Crippen molar-refractivity contribution in [3.63, 3.8) is 0 Å². The van der Waals surface area contributed by atoms with Crippen molar-refractivity contribution in [3.05, 3.63) is 53.3 Å². The molecule has 18 heavy (non-hydrogen) atoms. The van der Waals surface area contributed by atoms with Crippen molar-refractivity contribution in [2.45, 2.75) is 26.3 Å². The topological polar surface area (TPSA) is 29.9 Å². The molecule has 0 radical (unpaired) electrons. The lowest BCUT2D eigenvalue weighted by Crippen LogP contribution is -2.14. The van der Waals surface area contributed by atoms with Crippen LogP contribution in [0.15, 0.2) is 36.5 Å². The standard InChI is InChI=1S/C15H21N3/c1-12(10-16-3)15-6-4-14(5-7-15)11-18-13(2)8-9-17-18/h4-9,12,16H,10-11H2,1-3H3. The minimum atomic E-state index is 0.551. The van der Waals surface area contributed by atoms with Crippen molar-refractivity contribution in [1.29, 1.82) is 0 Å². The molecule has 0 aliphatic heterocycles. The summed E-state index contributed by atoms with van der Waals surface area (Å²) < 4.78 is 2.02. The number of nitrogens with zero attached hydrogens (tertiary/aromatic N) is 2. The van der Waals surface area contributed by atoms with E-state index >= 15 is 0 Å². The van der Waals surface area contributed by atoms with E-state index in [0.29, 0.717) is 5.92 Å². The second kappa shape index (κ2) is 5.83. The summed E-state index contributed by atoms with van der Waals surface area (Å²) in [5, 5.41) is 7.51. The van der Waals surface area contributed by atoms with Gasteiger partial charge in [0.1, 0.15) is 0 Å². The van der Waals surface area contributed by atoms with Gasteiger partial charge in [0.05, 0.1) is 6.54 Å².